The summed E-state index contributed by atoms with van der Waals surface area (Å²) in [4.78, 5) is 30.1. The van der Waals surface area contributed by atoms with Gasteiger partial charge in [-0.1, -0.05) is 11.3 Å². The standard InChI is InChI=1S/C20H20F6N8O2S/c1-11-29-10-33(31-11)9-14(36)34-4-3-32(8-13(34)2-5-35)16-15(30-18(37-16)20(24,25)26)12-6-27-17(28-7-12)19(21,22)23/h6-7,10,13,35H,2-5,8-9H2,1H3/t13-/m0/s1. The van der Waals surface area contributed by atoms with Gasteiger partial charge >= 0.3 is 12.4 Å². The number of alkyl halides is 6. The number of anilines is 1. The Balaban J connectivity index is 1.62. The highest BCUT2D eigenvalue weighted by molar-refractivity contribution is 7.16. The summed E-state index contributed by atoms with van der Waals surface area (Å²) in [7, 11) is 0. The van der Waals surface area contributed by atoms with Gasteiger partial charge in [0.25, 0.3) is 0 Å². The van der Waals surface area contributed by atoms with Gasteiger partial charge in [-0.3, -0.25) is 4.79 Å². The highest BCUT2D eigenvalue weighted by Crippen LogP contribution is 2.43. The fraction of sp³-hybridized carbons (Fsp3) is 0.500. The predicted octanol–water partition coefficient (Wildman–Crippen LogP) is 2.64. The number of aryl methyl sites for hydroxylation is 1. The van der Waals surface area contributed by atoms with Gasteiger partial charge in [-0.15, -0.1) is 0 Å². The SMILES string of the molecule is Cc1ncn(CC(=O)N2CCN(c3sc(C(F)(F)F)nc3-c3cnc(C(F)(F)F)nc3)C[C@@H]2CCO)n1. The Morgan fingerprint density at radius 1 is 1.11 bits per heavy atom. The first-order valence-electron chi connectivity index (χ1n) is 10.9. The quantitative estimate of drug-likeness (QED) is 0.467. The Hall–Kier alpha value is -3.34. The second-order valence-corrected chi connectivity index (χ2v) is 9.13. The van der Waals surface area contributed by atoms with E-state index in [0.717, 1.165) is 12.4 Å². The van der Waals surface area contributed by atoms with E-state index in [-0.39, 0.29) is 61.4 Å². The zero-order chi connectivity index (χ0) is 27.0. The van der Waals surface area contributed by atoms with Gasteiger partial charge in [-0.2, -0.15) is 31.4 Å². The van der Waals surface area contributed by atoms with Crippen LogP contribution in [0, 0.1) is 6.92 Å². The minimum atomic E-state index is -4.81. The van der Waals surface area contributed by atoms with E-state index in [1.165, 1.54) is 15.9 Å². The van der Waals surface area contributed by atoms with Crippen molar-refractivity contribution < 1.29 is 36.2 Å². The maximum absolute atomic E-state index is 13.5. The largest absolute Gasteiger partial charge is 0.451 e. The predicted molar refractivity (Wildman–Crippen MR) is 117 cm³/mol. The number of piperazine rings is 1. The van der Waals surface area contributed by atoms with Gasteiger partial charge in [0, 0.05) is 44.2 Å². The molecule has 1 N–H and O–H groups in total. The van der Waals surface area contributed by atoms with Crippen molar-refractivity contribution in [1.29, 1.82) is 0 Å². The first-order valence-corrected chi connectivity index (χ1v) is 11.7. The van der Waals surface area contributed by atoms with Gasteiger partial charge in [-0.25, -0.2) is 24.6 Å². The summed E-state index contributed by atoms with van der Waals surface area (Å²) < 4.78 is 80.4. The number of amides is 1. The van der Waals surface area contributed by atoms with Gasteiger partial charge in [0.2, 0.25) is 16.7 Å². The van der Waals surface area contributed by atoms with Crippen molar-refractivity contribution in [1.82, 2.24) is 34.6 Å². The summed E-state index contributed by atoms with van der Waals surface area (Å²) in [6.07, 6.45) is -6.49. The number of thiazole rings is 1. The molecule has 1 atom stereocenters. The second kappa shape index (κ2) is 10.2. The van der Waals surface area contributed by atoms with E-state index in [9.17, 15) is 36.2 Å². The van der Waals surface area contributed by atoms with E-state index >= 15 is 0 Å². The molecule has 4 rings (SSSR count). The van der Waals surface area contributed by atoms with Crippen LogP contribution < -0.4 is 4.90 Å². The van der Waals surface area contributed by atoms with Crippen molar-refractivity contribution in [3.8, 4) is 11.3 Å². The van der Waals surface area contributed by atoms with Crippen LogP contribution in [0.1, 0.15) is 23.1 Å². The first kappa shape index (κ1) is 26.7. The minimum Gasteiger partial charge on any atom is -0.396 e. The van der Waals surface area contributed by atoms with Crippen molar-refractivity contribution >= 4 is 22.2 Å². The summed E-state index contributed by atoms with van der Waals surface area (Å²) in [5.41, 5.74) is -0.333. The summed E-state index contributed by atoms with van der Waals surface area (Å²) in [5, 5.41) is 12.5. The lowest BCUT2D eigenvalue weighted by Crippen LogP contribution is -2.56. The molecule has 0 spiro atoms. The number of hydrogen-bond donors (Lipinski definition) is 1. The Kier molecular flexibility index (Phi) is 7.36. The van der Waals surface area contributed by atoms with Crippen molar-refractivity contribution in [3.63, 3.8) is 0 Å². The molecule has 37 heavy (non-hydrogen) atoms. The Labute approximate surface area is 209 Å². The number of carbonyl (C=O) groups excluding carboxylic acids is 1. The van der Waals surface area contributed by atoms with Crippen LogP contribution in [0.2, 0.25) is 0 Å². The molecule has 0 unspecified atom stereocenters. The van der Waals surface area contributed by atoms with E-state index in [2.05, 4.69) is 25.0 Å². The molecule has 1 aliphatic rings. The van der Waals surface area contributed by atoms with Crippen molar-refractivity contribution in [2.45, 2.75) is 38.3 Å². The molecule has 0 saturated carbocycles. The average Bonchev–Trinajstić information content (AvgIpc) is 3.45. The Morgan fingerprint density at radius 3 is 2.38 bits per heavy atom. The number of aliphatic hydroxyl groups is 1. The molecular weight excluding hydrogens is 530 g/mol. The smallest absolute Gasteiger partial charge is 0.396 e. The van der Waals surface area contributed by atoms with Gasteiger partial charge in [0.1, 0.15) is 29.4 Å². The molecule has 4 heterocycles. The highest BCUT2D eigenvalue weighted by atomic mass is 32.1. The molecule has 10 nitrogen and oxygen atoms in total. The molecule has 0 bridgehead atoms. The molecule has 0 radical (unpaired) electrons. The van der Waals surface area contributed by atoms with Crippen LogP contribution in [0.3, 0.4) is 0 Å². The van der Waals surface area contributed by atoms with Crippen molar-refractivity contribution in [3.05, 3.63) is 35.4 Å². The maximum Gasteiger partial charge on any atom is 0.451 e. The van der Waals surface area contributed by atoms with Crippen LogP contribution >= 0.6 is 11.3 Å². The van der Waals surface area contributed by atoms with Crippen LogP contribution in [-0.2, 0) is 23.7 Å². The molecule has 17 heteroatoms. The fourth-order valence-electron chi connectivity index (χ4n) is 3.89. The molecule has 3 aromatic heterocycles. The van der Waals surface area contributed by atoms with E-state index in [1.54, 1.807) is 11.8 Å². The molecule has 1 saturated heterocycles. The third-order valence-corrected chi connectivity index (χ3v) is 6.69. The molecule has 1 amide bonds. The van der Waals surface area contributed by atoms with Crippen molar-refractivity contribution in [2.75, 3.05) is 31.1 Å². The number of nitrogens with zero attached hydrogens (tertiary/aromatic N) is 8. The Morgan fingerprint density at radius 2 is 1.81 bits per heavy atom. The van der Waals surface area contributed by atoms with E-state index < -0.39 is 29.2 Å². The van der Waals surface area contributed by atoms with E-state index in [0.29, 0.717) is 17.2 Å². The van der Waals surface area contributed by atoms with Crippen LogP contribution in [0.4, 0.5) is 31.3 Å². The van der Waals surface area contributed by atoms with Gasteiger partial charge in [0.05, 0.1) is 6.04 Å². The van der Waals surface area contributed by atoms with Crippen molar-refractivity contribution in [2.24, 2.45) is 0 Å². The molecule has 3 aromatic rings. The number of rotatable bonds is 6. The maximum atomic E-state index is 13.5. The monoisotopic (exact) mass is 550 g/mol. The van der Waals surface area contributed by atoms with E-state index in [4.69, 9.17) is 0 Å². The second-order valence-electron chi connectivity index (χ2n) is 8.15. The molecule has 0 aromatic carbocycles. The lowest BCUT2D eigenvalue weighted by atomic mass is 10.1. The number of aromatic nitrogens is 6. The zero-order valence-corrected chi connectivity index (χ0v) is 20.0. The normalized spacial score (nSPS) is 16.9. The van der Waals surface area contributed by atoms with Crippen LogP contribution in [0.25, 0.3) is 11.3 Å². The molecule has 1 fully saturated rings. The fourth-order valence-corrected chi connectivity index (χ4v) is 4.88. The topological polar surface area (TPSA) is 113 Å². The van der Waals surface area contributed by atoms with Crippen LogP contribution in [0.15, 0.2) is 18.7 Å². The number of aliphatic hydroxyl groups excluding tert-OH is 1. The molecular formula is C20H20F6N8O2S. The van der Waals surface area contributed by atoms with Crippen LogP contribution in [0.5, 0.6) is 0 Å². The van der Waals surface area contributed by atoms with Gasteiger partial charge in [0.15, 0.2) is 0 Å². The molecule has 0 aliphatic carbocycles. The van der Waals surface area contributed by atoms with Crippen LogP contribution in [-0.4, -0.2) is 77.9 Å². The highest BCUT2D eigenvalue weighted by Gasteiger charge is 2.39. The average molecular weight is 550 g/mol. The first-order chi connectivity index (χ1) is 17.4. The number of halogens is 6. The summed E-state index contributed by atoms with van der Waals surface area (Å²) >= 11 is 0.336. The summed E-state index contributed by atoms with van der Waals surface area (Å²) in [6, 6.07) is -0.552. The third-order valence-electron chi connectivity index (χ3n) is 5.53. The van der Waals surface area contributed by atoms with Gasteiger partial charge in [-0.05, 0) is 13.3 Å². The minimum absolute atomic E-state index is 0.0534. The lowest BCUT2D eigenvalue weighted by Gasteiger charge is -2.42. The lowest BCUT2D eigenvalue weighted by molar-refractivity contribution is -0.145. The van der Waals surface area contributed by atoms with E-state index in [1.807, 2.05) is 0 Å². The molecule has 1 aliphatic heterocycles. The Bertz CT molecular complexity index is 1240. The van der Waals surface area contributed by atoms with Gasteiger partial charge < -0.3 is 14.9 Å². The molecule has 200 valence electrons. The zero-order valence-electron chi connectivity index (χ0n) is 19.2. The number of hydrogen-bond acceptors (Lipinski definition) is 9. The summed E-state index contributed by atoms with van der Waals surface area (Å²) in [6.45, 7) is 1.60. The third kappa shape index (κ3) is 5.98. The number of carbonyl (C=O) groups is 1. The summed E-state index contributed by atoms with van der Waals surface area (Å²) in [5.74, 6) is -1.25.